The van der Waals surface area contributed by atoms with Gasteiger partial charge in [-0.15, -0.1) is 0 Å². The van der Waals surface area contributed by atoms with Crippen molar-refractivity contribution in [3.63, 3.8) is 0 Å². The standard InChI is InChI=1S/C22H26ClN3O2/c1-24-22(28)20-11-18(25-12-16-8-17(23)6-7-21(16)27)13-26(20)19-9-14-4-2-3-5-15(14)10-19/h2-8,18-20,25,27H,9-13H2,1H3,(H,24,28)/t18-,20+/m1/s1. The molecule has 1 saturated heterocycles. The van der Waals surface area contributed by atoms with Gasteiger partial charge < -0.3 is 15.7 Å². The van der Waals surface area contributed by atoms with Gasteiger partial charge in [-0.25, -0.2) is 0 Å². The molecule has 0 bridgehead atoms. The maximum Gasteiger partial charge on any atom is 0.237 e. The van der Waals surface area contributed by atoms with Crippen molar-refractivity contribution in [2.75, 3.05) is 13.6 Å². The van der Waals surface area contributed by atoms with Crippen molar-refractivity contribution in [1.29, 1.82) is 0 Å². The van der Waals surface area contributed by atoms with E-state index in [0.29, 0.717) is 17.6 Å². The van der Waals surface area contributed by atoms with Gasteiger partial charge in [-0.2, -0.15) is 0 Å². The predicted molar refractivity (Wildman–Crippen MR) is 111 cm³/mol. The van der Waals surface area contributed by atoms with Crippen molar-refractivity contribution >= 4 is 17.5 Å². The summed E-state index contributed by atoms with van der Waals surface area (Å²) in [6.45, 7) is 1.34. The molecule has 1 heterocycles. The molecule has 148 valence electrons. The van der Waals surface area contributed by atoms with Crippen LogP contribution in [0.1, 0.15) is 23.1 Å². The fraction of sp³-hybridized carbons (Fsp3) is 0.409. The molecule has 3 N–H and O–H groups in total. The number of carbonyl (C=O) groups is 1. The van der Waals surface area contributed by atoms with Gasteiger partial charge in [-0.05, 0) is 48.6 Å². The van der Waals surface area contributed by atoms with Crippen LogP contribution in [0.3, 0.4) is 0 Å². The lowest BCUT2D eigenvalue weighted by molar-refractivity contribution is -0.125. The first-order valence-corrected chi connectivity index (χ1v) is 10.2. The van der Waals surface area contributed by atoms with Crippen LogP contribution in [0.25, 0.3) is 0 Å². The second kappa shape index (κ2) is 8.11. The largest absolute Gasteiger partial charge is 0.508 e. The van der Waals surface area contributed by atoms with E-state index in [1.165, 1.54) is 11.1 Å². The number of nitrogens with one attached hydrogen (secondary N) is 2. The van der Waals surface area contributed by atoms with Gasteiger partial charge in [0.15, 0.2) is 0 Å². The van der Waals surface area contributed by atoms with Crippen LogP contribution in [0, 0.1) is 0 Å². The molecule has 1 fully saturated rings. The number of halogens is 1. The summed E-state index contributed by atoms with van der Waals surface area (Å²) in [5, 5.41) is 17.0. The van der Waals surface area contributed by atoms with Crippen LogP contribution >= 0.6 is 11.6 Å². The number of hydrogen-bond acceptors (Lipinski definition) is 4. The Morgan fingerprint density at radius 1 is 1.21 bits per heavy atom. The van der Waals surface area contributed by atoms with Crippen LogP contribution in [-0.4, -0.2) is 47.6 Å². The molecule has 0 radical (unpaired) electrons. The molecule has 28 heavy (non-hydrogen) atoms. The number of phenolic OH excluding ortho intramolecular Hbond substituents is 1. The Kier molecular flexibility index (Phi) is 5.58. The van der Waals surface area contributed by atoms with Gasteiger partial charge in [0.25, 0.3) is 0 Å². The van der Waals surface area contributed by atoms with Crippen LogP contribution in [0.2, 0.25) is 5.02 Å². The molecule has 2 aromatic carbocycles. The molecule has 1 amide bonds. The normalized spacial score (nSPS) is 22.4. The second-order valence-corrected chi connectivity index (χ2v) is 8.18. The Morgan fingerprint density at radius 2 is 1.93 bits per heavy atom. The molecule has 0 saturated carbocycles. The van der Waals surface area contributed by atoms with E-state index in [0.717, 1.165) is 31.4 Å². The highest BCUT2D eigenvalue weighted by atomic mass is 35.5. The van der Waals surface area contributed by atoms with Crippen molar-refractivity contribution in [2.24, 2.45) is 0 Å². The number of likely N-dealkylation sites (tertiary alicyclic amines) is 1. The minimum absolute atomic E-state index is 0.0749. The molecule has 0 aromatic heterocycles. The molecule has 1 aliphatic heterocycles. The van der Waals surface area contributed by atoms with E-state index in [1.54, 1.807) is 25.2 Å². The van der Waals surface area contributed by atoms with E-state index in [1.807, 2.05) is 0 Å². The number of rotatable bonds is 5. The minimum Gasteiger partial charge on any atom is -0.508 e. The highest BCUT2D eigenvalue weighted by Crippen LogP contribution is 2.31. The number of likely N-dealkylation sites (N-methyl/N-ethyl adjacent to an activating group) is 1. The van der Waals surface area contributed by atoms with Crippen molar-refractivity contribution in [3.05, 3.63) is 64.2 Å². The van der Waals surface area contributed by atoms with Crippen LogP contribution in [0.5, 0.6) is 5.75 Å². The summed E-state index contributed by atoms with van der Waals surface area (Å²) in [4.78, 5) is 14.9. The Bertz CT molecular complexity index is 848. The molecule has 2 aliphatic rings. The highest BCUT2D eigenvalue weighted by molar-refractivity contribution is 6.30. The Morgan fingerprint density at radius 3 is 2.61 bits per heavy atom. The van der Waals surface area contributed by atoms with E-state index in [2.05, 4.69) is 39.8 Å². The molecule has 6 heteroatoms. The lowest BCUT2D eigenvalue weighted by Crippen LogP contribution is -2.47. The van der Waals surface area contributed by atoms with Gasteiger partial charge in [0.1, 0.15) is 5.75 Å². The number of nitrogens with zero attached hydrogens (tertiary/aromatic N) is 1. The van der Waals surface area contributed by atoms with Crippen molar-refractivity contribution in [2.45, 2.75) is 43.9 Å². The number of amides is 1. The molecule has 0 spiro atoms. The van der Waals surface area contributed by atoms with Crippen molar-refractivity contribution in [1.82, 2.24) is 15.5 Å². The van der Waals surface area contributed by atoms with Gasteiger partial charge >= 0.3 is 0 Å². The summed E-state index contributed by atoms with van der Waals surface area (Å²) in [6, 6.07) is 14.0. The lowest BCUT2D eigenvalue weighted by Gasteiger charge is -2.29. The Labute approximate surface area is 170 Å². The third-order valence-corrected chi connectivity index (χ3v) is 6.24. The predicted octanol–water partition coefficient (Wildman–Crippen LogP) is 2.49. The minimum atomic E-state index is -0.130. The van der Waals surface area contributed by atoms with E-state index >= 15 is 0 Å². The summed E-state index contributed by atoms with van der Waals surface area (Å²) in [6.07, 6.45) is 2.74. The quantitative estimate of drug-likeness (QED) is 0.722. The maximum absolute atomic E-state index is 12.5. The summed E-state index contributed by atoms with van der Waals surface area (Å²) < 4.78 is 0. The fourth-order valence-corrected chi connectivity index (χ4v) is 4.75. The van der Waals surface area contributed by atoms with Gasteiger partial charge in [0, 0.05) is 42.8 Å². The average molecular weight is 400 g/mol. The molecule has 5 nitrogen and oxygen atoms in total. The number of carbonyl (C=O) groups excluding carboxylic acids is 1. The lowest BCUT2D eigenvalue weighted by atomic mass is 10.1. The molecule has 4 rings (SSSR count). The van der Waals surface area contributed by atoms with Gasteiger partial charge in [-0.3, -0.25) is 9.69 Å². The molecule has 0 unspecified atom stereocenters. The van der Waals surface area contributed by atoms with E-state index in [4.69, 9.17) is 11.6 Å². The smallest absolute Gasteiger partial charge is 0.237 e. The summed E-state index contributed by atoms with van der Waals surface area (Å²) >= 11 is 6.05. The zero-order valence-electron chi connectivity index (χ0n) is 16.0. The summed E-state index contributed by atoms with van der Waals surface area (Å²) in [5.41, 5.74) is 3.56. The molecule has 2 aromatic rings. The third kappa shape index (κ3) is 3.88. The second-order valence-electron chi connectivity index (χ2n) is 7.74. The number of hydrogen-bond donors (Lipinski definition) is 3. The zero-order valence-corrected chi connectivity index (χ0v) is 16.7. The zero-order chi connectivity index (χ0) is 19.7. The number of aromatic hydroxyl groups is 1. The maximum atomic E-state index is 12.5. The first kappa shape index (κ1) is 19.2. The average Bonchev–Trinajstić information content (AvgIpc) is 3.32. The topological polar surface area (TPSA) is 64.6 Å². The van der Waals surface area contributed by atoms with E-state index in [-0.39, 0.29) is 23.7 Å². The van der Waals surface area contributed by atoms with E-state index < -0.39 is 0 Å². The van der Waals surface area contributed by atoms with Crippen LogP contribution in [0.4, 0.5) is 0 Å². The highest BCUT2D eigenvalue weighted by Gasteiger charge is 2.41. The Hall–Kier alpha value is -2.08. The number of fused-ring (bicyclic) bond motifs is 1. The first-order valence-electron chi connectivity index (χ1n) is 9.80. The SMILES string of the molecule is CNC(=O)[C@@H]1C[C@@H](NCc2cc(Cl)ccc2O)CN1C1Cc2ccccc2C1. The van der Waals surface area contributed by atoms with Gasteiger partial charge in [0.05, 0.1) is 6.04 Å². The van der Waals surface area contributed by atoms with Crippen molar-refractivity contribution in [3.8, 4) is 5.75 Å². The van der Waals surface area contributed by atoms with Crippen LogP contribution in [-0.2, 0) is 24.2 Å². The molecular formula is C22H26ClN3O2. The van der Waals surface area contributed by atoms with Gasteiger partial charge in [-0.1, -0.05) is 35.9 Å². The van der Waals surface area contributed by atoms with Crippen LogP contribution < -0.4 is 10.6 Å². The summed E-state index contributed by atoms with van der Waals surface area (Å²) in [7, 11) is 1.70. The fourth-order valence-electron chi connectivity index (χ4n) is 4.56. The monoisotopic (exact) mass is 399 g/mol. The third-order valence-electron chi connectivity index (χ3n) is 6.01. The Balaban J connectivity index is 1.45. The molecule has 2 atom stereocenters. The van der Waals surface area contributed by atoms with Crippen molar-refractivity contribution < 1.29 is 9.90 Å². The number of benzene rings is 2. The first-order chi connectivity index (χ1) is 13.5. The summed E-state index contributed by atoms with van der Waals surface area (Å²) in [5.74, 6) is 0.312. The molecule has 1 aliphatic carbocycles. The van der Waals surface area contributed by atoms with Crippen LogP contribution in [0.15, 0.2) is 42.5 Å². The molecular weight excluding hydrogens is 374 g/mol. The van der Waals surface area contributed by atoms with E-state index in [9.17, 15) is 9.90 Å². The van der Waals surface area contributed by atoms with Gasteiger partial charge in [0.2, 0.25) is 5.91 Å². The number of phenols is 1.